The molecule has 1 aromatic carbocycles. The van der Waals surface area contributed by atoms with Crippen LogP contribution in [0.3, 0.4) is 0 Å². The van der Waals surface area contributed by atoms with E-state index in [-0.39, 0.29) is 18.2 Å². The van der Waals surface area contributed by atoms with Gasteiger partial charge in [-0.15, -0.1) is 13.2 Å². The number of anilines is 1. The van der Waals surface area contributed by atoms with Crippen LogP contribution in [0.2, 0.25) is 0 Å². The predicted octanol–water partition coefficient (Wildman–Crippen LogP) is 2.73. The number of halogens is 3. The highest BCUT2D eigenvalue weighted by Gasteiger charge is 2.30. The van der Waals surface area contributed by atoms with E-state index in [1.54, 1.807) is 12.4 Å². The molecule has 5 nitrogen and oxygen atoms in total. The standard InChI is InChI=1S/C13H12F3N3O2/c1-9-6-17-19(7-9)8-12(20)18-10-2-4-11(5-3-10)21-13(14,15)16/h2-7H,8H2,1H3,(H,18,20). The average Bonchev–Trinajstić information content (AvgIpc) is 2.75. The van der Waals surface area contributed by atoms with E-state index in [4.69, 9.17) is 0 Å². The van der Waals surface area contributed by atoms with Crippen LogP contribution in [0.1, 0.15) is 5.56 Å². The minimum absolute atomic E-state index is 0.0225. The molecule has 1 amide bonds. The van der Waals surface area contributed by atoms with Crippen molar-refractivity contribution in [3.05, 3.63) is 42.2 Å². The van der Waals surface area contributed by atoms with Crippen molar-refractivity contribution in [3.63, 3.8) is 0 Å². The molecule has 0 spiro atoms. The molecule has 0 bridgehead atoms. The summed E-state index contributed by atoms with van der Waals surface area (Å²) in [5, 5.41) is 6.52. The molecule has 0 radical (unpaired) electrons. The number of aryl methyl sites for hydroxylation is 1. The number of aromatic nitrogens is 2. The smallest absolute Gasteiger partial charge is 0.406 e. The van der Waals surface area contributed by atoms with Gasteiger partial charge in [0.25, 0.3) is 0 Å². The summed E-state index contributed by atoms with van der Waals surface area (Å²) >= 11 is 0. The molecule has 1 N–H and O–H groups in total. The highest BCUT2D eigenvalue weighted by atomic mass is 19.4. The summed E-state index contributed by atoms with van der Waals surface area (Å²) in [6, 6.07) is 4.91. The largest absolute Gasteiger partial charge is 0.573 e. The Morgan fingerprint density at radius 1 is 1.33 bits per heavy atom. The first-order valence-electron chi connectivity index (χ1n) is 5.96. The fraction of sp³-hybridized carbons (Fsp3) is 0.231. The maximum atomic E-state index is 12.0. The van der Waals surface area contributed by atoms with E-state index in [9.17, 15) is 18.0 Å². The lowest BCUT2D eigenvalue weighted by molar-refractivity contribution is -0.274. The quantitative estimate of drug-likeness (QED) is 0.944. The van der Waals surface area contributed by atoms with Crippen LogP contribution in [-0.4, -0.2) is 22.1 Å². The lowest BCUT2D eigenvalue weighted by atomic mass is 10.3. The minimum Gasteiger partial charge on any atom is -0.406 e. The first-order valence-corrected chi connectivity index (χ1v) is 5.96. The monoisotopic (exact) mass is 299 g/mol. The Morgan fingerprint density at radius 2 is 2.00 bits per heavy atom. The molecular weight excluding hydrogens is 287 g/mol. The van der Waals surface area contributed by atoms with E-state index in [1.165, 1.54) is 16.8 Å². The van der Waals surface area contributed by atoms with Crippen LogP contribution in [-0.2, 0) is 11.3 Å². The molecule has 0 saturated carbocycles. The first-order chi connectivity index (χ1) is 9.82. The summed E-state index contributed by atoms with van der Waals surface area (Å²) in [4.78, 5) is 11.7. The number of hydrogen-bond donors (Lipinski definition) is 1. The second-order valence-corrected chi connectivity index (χ2v) is 4.34. The zero-order valence-corrected chi connectivity index (χ0v) is 11.0. The first kappa shape index (κ1) is 14.9. The second-order valence-electron chi connectivity index (χ2n) is 4.34. The van der Waals surface area contributed by atoms with Gasteiger partial charge in [0, 0.05) is 11.9 Å². The number of amides is 1. The van der Waals surface area contributed by atoms with Gasteiger partial charge in [0.15, 0.2) is 0 Å². The molecule has 0 aliphatic rings. The summed E-state index contributed by atoms with van der Waals surface area (Å²) in [5.74, 6) is -0.675. The molecule has 0 atom stereocenters. The lowest BCUT2D eigenvalue weighted by Gasteiger charge is -2.10. The molecule has 8 heteroatoms. The van der Waals surface area contributed by atoms with Crippen LogP contribution in [0.25, 0.3) is 0 Å². The molecule has 1 heterocycles. The zero-order chi connectivity index (χ0) is 15.5. The third kappa shape index (κ3) is 4.83. The van der Waals surface area contributed by atoms with Gasteiger partial charge in [-0.1, -0.05) is 0 Å². The third-order valence-electron chi connectivity index (χ3n) is 2.44. The molecule has 2 aromatic rings. The summed E-state index contributed by atoms with van der Waals surface area (Å²) in [6.07, 6.45) is -1.40. The van der Waals surface area contributed by atoms with Crippen LogP contribution in [0, 0.1) is 6.92 Å². The Hall–Kier alpha value is -2.51. The third-order valence-corrected chi connectivity index (χ3v) is 2.44. The SMILES string of the molecule is Cc1cnn(CC(=O)Nc2ccc(OC(F)(F)F)cc2)c1. The molecule has 1 aromatic heterocycles. The normalized spacial score (nSPS) is 11.2. The minimum atomic E-state index is -4.73. The molecule has 0 fully saturated rings. The zero-order valence-electron chi connectivity index (χ0n) is 11.0. The number of alkyl halides is 3. The van der Waals surface area contributed by atoms with E-state index in [0.29, 0.717) is 5.69 Å². The van der Waals surface area contributed by atoms with Gasteiger partial charge in [-0.2, -0.15) is 5.10 Å². The molecule has 2 rings (SSSR count). The summed E-state index contributed by atoms with van der Waals surface area (Å²) in [6.45, 7) is 1.87. The van der Waals surface area contributed by atoms with Gasteiger partial charge in [-0.25, -0.2) is 0 Å². The average molecular weight is 299 g/mol. The second kappa shape index (κ2) is 5.86. The summed E-state index contributed by atoms with van der Waals surface area (Å²) < 4.78 is 41.2. The van der Waals surface area contributed by atoms with Crippen molar-refractivity contribution in [1.82, 2.24) is 9.78 Å². The fourth-order valence-electron chi connectivity index (χ4n) is 1.64. The number of nitrogens with one attached hydrogen (secondary N) is 1. The van der Waals surface area contributed by atoms with Gasteiger partial charge in [-0.3, -0.25) is 9.48 Å². The van der Waals surface area contributed by atoms with Crippen LogP contribution in [0.5, 0.6) is 5.75 Å². The lowest BCUT2D eigenvalue weighted by Crippen LogP contribution is -2.19. The van der Waals surface area contributed by atoms with E-state index in [1.807, 2.05) is 6.92 Å². The van der Waals surface area contributed by atoms with Crippen molar-refractivity contribution in [2.45, 2.75) is 19.8 Å². The van der Waals surface area contributed by atoms with Crippen molar-refractivity contribution >= 4 is 11.6 Å². The van der Waals surface area contributed by atoms with Gasteiger partial charge < -0.3 is 10.1 Å². The number of benzene rings is 1. The van der Waals surface area contributed by atoms with Gasteiger partial charge in [0.1, 0.15) is 12.3 Å². The number of carbonyl (C=O) groups is 1. The number of rotatable bonds is 4. The molecule has 0 aliphatic carbocycles. The summed E-state index contributed by atoms with van der Waals surface area (Å²) in [7, 11) is 0. The molecule has 112 valence electrons. The highest BCUT2D eigenvalue weighted by Crippen LogP contribution is 2.23. The number of ether oxygens (including phenoxy) is 1. The topological polar surface area (TPSA) is 56.2 Å². The predicted molar refractivity (Wildman–Crippen MR) is 68.7 cm³/mol. The molecular formula is C13H12F3N3O2. The van der Waals surface area contributed by atoms with E-state index in [0.717, 1.165) is 17.7 Å². The van der Waals surface area contributed by atoms with Crippen molar-refractivity contribution < 1.29 is 22.7 Å². The number of nitrogens with zero attached hydrogens (tertiary/aromatic N) is 2. The Bertz CT molecular complexity index is 620. The maximum Gasteiger partial charge on any atom is 0.573 e. The van der Waals surface area contributed by atoms with Gasteiger partial charge in [-0.05, 0) is 36.8 Å². The Kier molecular flexibility index (Phi) is 4.15. The maximum absolute atomic E-state index is 12.0. The van der Waals surface area contributed by atoms with Crippen LogP contribution >= 0.6 is 0 Å². The Morgan fingerprint density at radius 3 is 2.52 bits per heavy atom. The van der Waals surface area contributed by atoms with Crippen molar-refractivity contribution in [2.75, 3.05) is 5.32 Å². The highest BCUT2D eigenvalue weighted by molar-refractivity contribution is 5.90. The van der Waals surface area contributed by atoms with E-state index in [2.05, 4.69) is 15.2 Å². The Balaban J connectivity index is 1.92. The van der Waals surface area contributed by atoms with Gasteiger partial charge >= 0.3 is 6.36 Å². The van der Waals surface area contributed by atoms with E-state index >= 15 is 0 Å². The Labute approximate surface area is 118 Å². The molecule has 21 heavy (non-hydrogen) atoms. The van der Waals surface area contributed by atoms with Gasteiger partial charge in [0.05, 0.1) is 6.20 Å². The molecule has 0 saturated heterocycles. The van der Waals surface area contributed by atoms with Crippen LogP contribution < -0.4 is 10.1 Å². The molecule has 0 aliphatic heterocycles. The van der Waals surface area contributed by atoms with Crippen LogP contribution in [0.15, 0.2) is 36.7 Å². The van der Waals surface area contributed by atoms with Gasteiger partial charge in [0.2, 0.25) is 5.91 Å². The van der Waals surface area contributed by atoms with Crippen molar-refractivity contribution in [3.8, 4) is 5.75 Å². The van der Waals surface area contributed by atoms with Crippen LogP contribution in [0.4, 0.5) is 18.9 Å². The number of carbonyl (C=O) groups excluding carboxylic acids is 1. The van der Waals surface area contributed by atoms with Crippen molar-refractivity contribution in [1.29, 1.82) is 0 Å². The van der Waals surface area contributed by atoms with Crippen molar-refractivity contribution in [2.24, 2.45) is 0 Å². The fourth-order valence-corrected chi connectivity index (χ4v) is 1.64. The number of hydrogen-bond acceptors (Lipinski definition) is 3. The van der Waals surface area contributed by atoms with E-state index < -0.39 is 6.36 Å². The summed E-state index contributed by atoms with van der Waals surface area (Å²) in [5.41, 5.74) is 1.30. The molecule has 0 unspecified atom stereocenters.